The number of carbonyl (C=O) groups excluding carboxylic acids is 1. The molecule has 1 atom stereocenters. The third kappa shape index (κ3) is 9.06. The van der Waals surface area contributed by atoms with Gasteiger partial charge in [-0.3, -0.25) is 9.79 Å². The number of phenolic OH excluding ortho intramolecular Hbond substituents is 1. The Labute approximate surface area is 210 Å². The number of aromatic hydroxyl groups is 1. The number of rotatable bonds is 8. The lowest BCUT2D eigenvalue weighted by Gasteiger charge is -2.27. The van der Waals surface area contributed by atoms with Crippen molar-refractivity contribution in [3.05, 3.63) is 28.3 Å². The molecule has 34 heavy (non-hydrogen) atoms. The number of halogens is 1. The standard InChI is InChI=1S/C16H24N2O.C9H19NO4.ClH/c1-10-8-13(16(3,4)5)15(19)11(2)12(10)9-14-17-6-7-18-14;1-9(2,6-12)7(13)8(14)10-4-3-5-11;/h8,19H,6-7,9H2,1-5H3,(H,17,18);7,11-13H,3-6H2,1-2H3,(H,10,14);1H/t;7-;/m.0./s1. The molecule has 2 rings (SSSR count). The zero-order valence-electron chi connectivity index (χ0n) is 21.7. The number of aliphatic hydroxyl groups excluding tert-OH is 3. The molecule has 1 aromatic rings. The number of aliphatic hydroxyl groups is 3. The topological polar surface area (TPSA) is 134 Å². The lowest BCUT2D eigenvalue weighted by atomic mass is 9.82. The SMILES string of the molecule is CC(C)(CO)[C@@H](O)C(=O)NCCCO.Cc1cc(C(C)(C)C)c(O)c(C)c1CC1=NCCN1.Cl. The molecule has 0 unspecified atom stereocenters. The molecule has 196 valence electrons. The van der Waals surface area contributed by atoms with Gasteiger partial charge in [-0.25, -0.2) is 0 Å². The summed E-state index contributed by atoms with van der Waals surface area (Å²) in [5.74, 6) is 0.957. The molecule has 6 N–H and O–H groups in total. The van der Waals surface area contributed by atoms with E-state index >= 15 is 0 Å². The van der Waals surface area contributed by atoms with Crippen LogP contribution in [0.5, 0.6) is 5.75 Å². The van der Waals surface area contributed by atoms with Gasteiger partial charge in [0.25, 0.3) is 0 Å². The van der Waals surface area contributed by atoms with Crippen molar-refractivity contribution in [2.75, 3.05) is 32.8 Å². The predicted octanol–water partition coefficient (Wildman–Crippen LogP) is 2.14. The summed E-state index contributed by atoms with van der Waals surface area (Å²) in [7, 11) is 0. The van der Waals surface area contributed by atoms with Gasteiger partial charge >= 0.3 is 0 Å². The summed E-state index contributed by atoms with van der Waals surface area (Å²) in [4.78, 5) is 15.7. The Bertz CT molecular complexity index is 835. The summed E-state index contributed by atoms with van der Waals surface area (Å²) in [6, 6.07) is 2.12. The Morgan fingerprint density at radius 2 is 1.82 bits per heavy atom. The molecule has 0 aliphatic carbocycles. The molecule has 0 saturated heterocycles. The molecule has 9 heteroatoms. The summed E-state index contributed by atoms with van der Waals surface area (Å²) in [5.41, 5.74) is 3.55. The Balaban J connectivity index is 0.000000654. The highest BCUT2D eigenvalue weighted by atomic mass is 35.5. The minimum absolute atomic E-state index is 0. The lowest BCUT2D eigenvalue weighted by Crippen LogP contribution is -2.45. The second kappa shape index (κ2) is 13.9. The fraction of sp³-hybridized carbons (Fsp3) is 0.680. The van der Waals surface area contributed by atoms with Crippen molar-refractivity contribution in [2.24, 2.45) is 10.4 Å². The van der Waals surface area contributed by atoms with Crippen LogP contribution in [0, 0.1) is 19.3 Å². The maximum absolute atomic E-state index is 11.3. The number of phenols is 1. The Hall–Kier alpha value is -1.87. The van der Waals surface area contributed by atoms with Crippen LogP contribution < -0.4 is 10.6 Å². The van der Waals surface area contributed by atoms with Gasteiger partial charge in [-0.05, 0) is 47.9 Å². The van der Waals surface area contributed by atoms with Gasteiger partial charge in [0.15, 0.2) is 0 Å². The summed E-state index contributed by atoms with van der Waals surface area (Å²) in [5, 5.41) is 43.1. The number of aryl methyl sites for hydroxylation is 1. The van der Waals surface area contributed by atoms with E-state index in [0.717, 1.165) is 36.5 Å². The highest BCUT2D eigenvalue weighted by Crippen LogP contribution is 2.36. The number of nitrogens with zero attached hydrogens (tertiary/aromatic N) is 1. The van der Waals surface area contributed by atoms with Gasteiger partial charge in [0.05, 0.1) is 13.2 Å². The van der Waals surface area contributed by atoms with Crippen molar-refractivity contribution >= 4 is 24.1 Å². The molecule has 0 saturated carbocycles. The van der Waals surface area contributed by atoms with Crippen LogP contribution in [0.4, 0.5) is 0 Å². The van der Waals surface area contributed by atoms with E-state index in [-0.39, 0.29) is 31.0 Å². The summed E-state index contributed by atoms with van der Waals surface area (Å²) >= 11 is 0. The number of aliphatic imine (C=N–C) groups is 1. The van der Waals surface area contributed by atoms with E-state index in [2.05, 4.69) is 49.4 Å². The summed E-state index contributed by atoms with van der Waals surface area (Å²) in [6.07, 6.45) is 0.0133. The Morgan fingerprint density at radius 3 is 2.29 bits per heavy atom. The third-order valence-corrected chi connectivity index (χ3v) is 5.83. The first-order chi connectivity index (χ1) is 15.3. The molecule has 1 amide bonds. The number of hydrogen-bond acceptors (Lipinski definition) is 7. The van der Waals surface area contributed by atoms with E-state index in [1.165, 1.54) is 11.1 Å². The maximum Gasteiger partial charge on any atom is 0.249 e. The van der Waals surface area contributed by atoms with Gasteiger partial charge < -0.3 is 31.1 Å². The van der Waals surface area contributed by atoms with Crippen LogP contribution >= 0.6 is 12.4 Å². The van der Waals surface area contributed by atoms with E-state index in [4.69, 9.17) is 10.2 Å². The van der Waals surface area contributed by atoms with Crippen molar-refractivity contribution in [3.63, 3.8) is 0 Å². The highest BCUT2D eigenvalue weighted by molar-refractivity contribution is 5.86. The maximum atomic E-state index is 11.3. The number of amidine groups is 1. The van der Waals surface area contributed by atoms with Crippen molar-refractivity contribution < 1.29 is 25.2 Å². The van der Waals surface area contributed by atoms with Gasteiger partial charge in [-0.1, -0.05) is 40.7 Å². The first kappa shape index (κ1) is 32.1. The average molecular weight is 502 g/mol. The highest BCUT2D eigenvalue weighted by Gasteiger charge is 2.32. The molecule has 0 radical (unpaired) electrons. The number of amides is 1. The van der Waals surface area contributed by atoms with Crippen LogP contribution in [-0.2, 0) is 16.6 Å². The molecule has 1 aliphatic heterocycles. The average Bonchev–Trinajstić information content (AvgIpc) is 3.26. The van der Waals surface area contributed by atoms with E-state index < -0.39 is 17.4 Å². The first-order valence-corrected chi connectivity index (χ1v) is 11.5. The van der Waals surface area contributed by atoms with Crippen LogP contribution in [0.15, 0.2) is 11.1 Å². The van der Waals surface area contributed by atoms with E-state index in [9.17, 15) is 15.0 Å². The summed E-state index contributed by atoms with van der Waals surface area (Å²) in [6.45, 7) is 15.6. The minimum Gasteiger partial charge on any atom is -0.507 e. The van der Waals surface area contributed by atoms with Gasteiger partial charge in [-0.15, -0.1) is 12.4 Å². The molecule has 0 bridgehead atoms. The van der Waals surface area contributed by atoms with Crippen LogP contribution in [0.3, 0.4) is 0 Å². The first-order valence-electron chi connectivity index (χ1n) is 11.5. The van der Waals surface area contributed by atoms with Crippen molar-refractivity contribution in [2.45, 2.75) is 72.8 Å². The van der Waals surface area contributed by atoms with E-state index in [1.54, 1.807) is 13.8 Å². The molecule has 0 spiro atoms. The zero-order chi connectivity index (χ0) is 25.4. The monoisotopic (exact) mass is 501 g/mol. The number of benzene rings is 1. The second-order valence-corrected chi connectivity index (χ2v) is 10.3. The van der Waals surface area contributed by atoms with Crippen LogP contribution in [0.2, 0.25) is 0 Å². The van der Waals surface area contributed by atoms with Crippen LogP contribution in [-0.4, -0.2) is 71.1 Å². The normalized spacial score (nSPS) is 14.2. The molecule has 1 aliphatic rings. The van der Waals surface area contributed by atoms with E-state index in [1.807, 2.05) is 6.92 Å². The van der Waals surface area contributed by atoms with Crippen LogP contribution in [0.1, 0.15) is 63.3 Å². The lowest BCUT2D eigenvalue weighted by molar-refractivity contribution is -0.137. The minimum atomic E-state index is -1.23. The van der Waals surface area contributed by atoms with Crippen molar-refractivity contribution in [3.8, 4) is 5.75 Å². The Kier molecular flexibility index (Phi) is 13.1. The smallest absolute Gasteiger partial charge is 0.249 e. The van der Waals surface area contributed by atoms with Crippen molar-refractivity contribution in [1.82, 2.24) is 10.6 Å². The fourth-order valence-electron chi connectivity index (χ4n) is 3.42. The Morgan fingerprint density at radius 1 is 1.21 bits per heavy atom. The molecular formula is C25H44ClN3O5. The fourth-order valence-corrected chi connectivity index (χ4v) is 3.42. The largest absolute Gasteiger partial charge is 0.507 e. The molecular weight excluding hydrogens is 458 g/mol. The predicted molar refractivity (Wildman–Crippen MR) is 139 cm³/mol. The number of hydrogen-bond donors (Lipinski definition) is 6. The molecule has 1 aromatic carbocycles. The second-order valence-electron chi connectivity index (χ2n) is 10.3. The number of carbonyl (C=O) groups is 1. The van der Waals surface area contributed by atoms with Gasteiger partial charge in [-0.2, -0.15) is 0 Å². The quantitative estimate of drug-likeness (QED) is 0.302. The summed E-state index contributed by atoms with van der Waals surface area (Å²) < 4.78 is 0. The zero-order valence-corrected chi connectivity index (χ0v) is 22.5. The van der Waals surface area contributed by atoms with Gasteiger partial charge in [0, 0.05) is 31.5 Å². The third-order valence-electron chi connectivity index (χ3n) is 5.83. The molecule has 8 nitrogen and oxygen atoms in total. The van der Waals surface area contributed by atoms with Crippen LogP contribution in [0.25, 0.3) is 0 Å². The van der Waals surface area contributed by atoms with Crippen molar-refractivity contribution in [1.29, 1.82) is 0 Å². The molecule has 0 fully saturated rings. The van der Waals surface area contributed by atoms with E-state index in [0.29, 0.717) is 18.7 Å². The number of nitrogens with one attached hydrogen (secondary N) is 2. The van der Waals surface area contributed by atoms with Gasteiger partial charge in [0.2, 0.25) is 5.91 Å². The van der Waals surface area contributed by atoms with Gasteiger partial charge in [0.1, 0.15) is 17.7 Å². The molecule has 0 aromatic heterocycles. The molecule has 1 heterocycles.